The SMILES string of the molecule is CS[s+]1nc(OC(F)F)c(C#N)c1[Si](C)(C)C. The molecule has 0 aliphatic heterocycles. The zero-order valence-corrected chi connectivity index (χ0v) is 12.6. The third-order valence-electron chi connectivity index (χ3n) is 1.93. The van der Waals surface area contributed by atoms with Gasteiger partial charge in [-0.05, 0) is 0 Å². The highest BCUT2D eigenvalue weighted by molar-refractivity contribution is 8.45. The molecule has 8 heteroatoms. The van der Waals surface area contributed by atoms with Crippen molar-refractivity contribution in [2.24, 2.45) is 0 Å². The second-order valence-electron chi connectivity index (χ2n) is 4.26. The number of alkyl halides is 2. The van der Waals surface area contributed by atoms with Crippen molar-refractivity contribution in [3.63, 3.8) is 0 Å². The van der Waals surface area contributed by atoms with Gasteiger partial charge in [0.25, 0.3) is 5.88 Å². The number of hydrogen-bond donors (Lipinski definition) is 0. The first-order valence-electron chi connectivity index (χ1n) is 4.79. The van der Waals surface area contributed by atoms with Gasteiger partial charge in [0.2, 0.25) is 0 Å². The van der Waals surface area contributed by atoms with Gasteiger partial charge in [-0.3, -0.25) is 0 Å². The van der Waals surface area contributed by atoms with Crippen molar-refractivity contribution < 1.29 is 13.5 Å². The Balaban J connectivity index is 3.38. The highest BCUT2D eigenvalue weighted by Crippen LogP contribution is 2.35. The van der Waals surface area contributed by atoms with Crippen LogP contribution in [0, 0.1) is 11.3 Å². The number of rotatable bonds is 4. The van der Waals surface area contributed by atoms with Gasteiger partial charge in [0.05, 0.1) is 0 Å². The monoisotopic (exact) mass is 295 g/mol. The molecule has 0 saturated heterocycles. The van der Waals surface area contributed by atoms with Crippen LogP contribution in [0.25, 0.3) is 0 Å². The Kier molecular flexibility index (Phi) is 4.52. The maximum Gasteiger partial charge on any atom is 0.388 e. The van der Waals surface area contributed by atoms with Crippen LogP contribution in [-0.4, -0.2) is 25.3 Å². The molecule has 0 fully saturated rings. The molecule has 1 atom stereocenters. The van der Waals surface area contributed by atoms with Crippen LogP contribution in [0.3, 0.4) is 0 Å². The van der Waals surface area contributed by atoms with Crippen molar-refractivity contribution in [1.82, 2.24) is 4.37 Å². The van der Waals surface area contributed by atoms with Crippen LogP contribution in [0.2, 0.25) is 19.6 Å². The maximum atomic E-state index is 12.2. The molecule has 1 aromatic rings. The van der Waals surface area contributed by atoms with Gasteiger partial charge in [0, 0.05) is 10.6 Å². The molecular formula is C9H13F2N2OS2Si+. The molecule has 0 aromatic carbocycles. The van der Waals surface area contributed by atoms with Crippen LogP contribution < -0.4 is 9.24 Å². The van der Waals surface area contributed by atoms with Crippen LogP contribution in [-0.2, 0) is 0 Å². The summed E-state index contributed by atoms with van der Waals surface area (Å²) in [4.78, 5) is 0. The minimum atomic E-state index is -2.94. The minimum Gasteiger partial charge on any atom is -0.411 e. The quantitative estimate of drug-likeness (QED) is 0.487. The Morgan fingerprint density at radius 2 is 2.06 bits per heavy atom. The van der Waals surface area contributed by atoms with Crippen molar-refractivity contribution in [2.45, 2.75) is 26.3 Å². The molecule has 0 aliphatic rings. The Morgan fingerprint density at radius 3 is 2.41 bits per heavy atom. The van der Waals surface area contributed by atoms with Crippen molar-refractivity contribution in [3.8, 4) is 11.9 Å². The van der Waals surface area contributed by atoms with Crippen molar-refractivity contribution in [1.29, 1.82) is 5.26 Å². The second-order valence-corrected chi connectivity index (χ2v) is 13.0. The Bertz CT molecular complexity index is 451. The highest BCUT2D eigenvalue weighted by atomic mass is 33.1. The molecule has 1 aromatic heterocycles. The molecule has 0 bridgehead atoms. The van der Waals surface area contributed by atoms with E-state index in [2.05, 4.69) is 28.8 Å². The average Bonchev–Trinajstić information content (AvgIpc) is 2.54. The Morgan fingerprint density at radius 1 is 1.47 bits per heavy atom. The van der Waals surface area contributed by atoms with E-state index in [-0.39, 0.29) is 11.4 Å². The van der Waals surface area contributed by atoms with Crippen molar-refractivity contribution in [3.05, 3.63) is 5.56 Å². The lowest BCUT2D eigenvalue weighted by atomic mass is 10.4. The van der Waals surface area contributed by atoms with Gasteiger partial charge in [0.1, 0.15) is 16.9 Å². The molecular weight excluding hydrogens is 282 g/mol. The first-order valence-corrected chi connectivity index (χ1v) is 11.2. The van der Waals surface area contributed by atoms with E-state index in [1.165, 1.54) is 10.8 Å². The number of halogens is 2. The first kappa shape index (κ1) is 14.4. The molecule has 0 aliphatic carbocycles. The molecule has 0 radical (unpaired) electrons. The number of ether oxygens (including phenoxy) is 1. The van der Waals surface area contributed by atoms with Crippen molar-refractivity contribution in [2.75, 3.05) is 6.26 Å². The number of hydrogen-bond acceptors (Lipinski definition) is 4. The van der Waals surface area contributed by atoms with Gasteiger partial charge in [-0.25, -0.2) is 0 Å². The summed E-state index contributed by atoms with van der Waals surface area (Å²) in [6.45, 7) is 3.26. The van der Waals surface area contributed by atoms with E-state index in [1.54, 1.807) is 0 Å². The summed E-state index contributed by atoms with van der Waals surface area (Å²) in [6, 6.07) is 1.96. The van der Waals surface area contributed by atoms with Crippen LogP contribution in [0.5, 0.6) is 5.88 Å². The van der Waals surface area contributed by atoms with E-state index >= 15 is 0 Å². The lowest BCUT2D eigenvalue weighted by Gasteiger charge is -2.08. The lowest BCUT2D eigenvalue weighted by Crippen LogP contribution is -2.38. The van der Waals surface area contributed by atoms with Gasteiger partial charge in [-0.1, -0.05) is 19.6 Å². The summed E-state index contributed by atoms with van der Waals surface area (Å²) in [6.07, 6.45) is 1.85. The van der Waals surface area contributed by atoms with Gasteiger partial charge < -0.3 is 4.74 Å². The lowest BCUT2D eigenvalue weighted by molar-refractivity contribution is -0.0523. The molecule has 0 amide bonds. The van der Waals surface area contributed by atoms with Gasteiger partial charge >= 0.3 is 6.61 Å². The number of nitriles is 1. The normalized spacial score (nSPS) is 12.7. The zero-order chi connectivity index (χ0) is 13.2. The largest absolute Gasteiger partial charge is 0.411 e. The molecule has 1 rings (SSSR count). The van der Waals surface area contributed by atoms with E-state index in [4.69, 9.17) is 5.26 Å². The van der Waals surface area contributed by atoms with E-state index < -0.39 is 24.4 Å². The predicted molar refractivity (Wildman–Crippen MR) is 70.0 cm³/mol. The number of nitrogens with zero attached hydrogens (tertiary/aromatic N) is 2. The van der Waals surface area contributed by atoms with E-state index in [0.29, 0.717) is 0 Å². The van der Waals surface area contributed by atoms with Crippen LogP contribution in [0.4, 0.5) is 8.78 Å². The summed E-state index contributed by atoms with van der Waals surface area (Å²) < 4.78 is 33.8. The van der Waals surface area contributed by atoms with Gasteiger partial charge in [-0.15, -0.1) is 0 Å². The third kappa shape index (κ3) is 3.17. The van der Waals surface area contributed by atoms with E-state index in [9.17, 15) is 8.78 Å². The molecule has 17 heavy (non-hydrogen) atoms. The van der Waals surface area contributed by atoms with Gasteiger partial charge in [-0.2, -0.15) is 14.0 Å². The summed E-state index contributed by atoms with van der Waals surface area (Å²) >= 11 is 0. The Labute approximate surface area is 106 Å². The van der Waals surface area contributed by atoms with Crippen molar-refractivity contribution >= 4 is 33.1 Å². The van der Waals surface area contributed by atoms with Crippen LogP contribution in [0.15, 0.2) is 0 Å². The predicted octanol–water partition coefficient (Wildman–Crippen LogP) is 2.98. The average molecular weight is 295 g/mol. The fourth-order valence-electron chi connectivity index (χ4n) is 1.37. The molecule has 0 N–H and O–H groups in total. The third-order valence-corrected chi connectivity index (χ3v) is 9.28. The smallest absolute Gasteiger partial charge is 0.388 e. The fourth-order valence-corrected chi connectivity index (χ4v) is 9.62. The summed E-state index contributed by atoms with van der Waals surface area (Å²) in [5.41, 5.74) is 0.210. The zero-order valence-electron chi connectivity index (χ0n) is 9.95. The molecule has 94 valence electrons. The molecule has 1 unspecified atom stereocenters. The first-order chi connectivity index (χ1) is 7.81. The van der Waals surface area contributed by atoms with Crippen LogP contribution >= 0.6 is 20.5 Å². The fraction of sp³-hybridized carbons (Fsp3) is 0.556. The maximum absolute atomic E-state index is 12.2. The molecule has 0 saturated carbocycles. The Hall–Kier alpha value is -0.653. The summed E-state index contributed by atoms with van der Waals surface area (Å²) in [5.74, 6) is -0.197. The standard InChI is InChI=1S/C9H13F2N2OS2Si/c1-15-16-8(17(2,3)4)6(5-12)7(13-16)14-9(10)11/h9H,1-4H3/q+1. The highest BCUT2D eigenvalue weighted by Gasteiger charge is 2.39. The number of aromatic nitrogens is 1. The minimum absolute atomic E-state index is 0.197. The summed E-state index contributed by atoms with van der Waals surface area (Å²) in [5, 5.41) is 9.10. The summed E-state index contributed by atoms with van der Waals surface area (Å²) in [7, 11) is -0.870. The molecule has 0 spiro atoms. The molecule has 1 heterocycles. The van der Waals surface area contributed by atoms with E-state index in [0.717, 1.165) is 4.50 Å². The topological polar surface area (TPSA) is 45.9 Å². The van der Waals surface area contributed by atoms with Gasteiger partial charge in [0.15, 0.2) is 27.8 Å². The second kappa shape index (κ2) is 5.33. The van der Waals surface area contributed by atoms with E-state index in [1.807, 2.05) is 12.3 Å². The van der Waals surface area contributed by atoms with Crippen LogP contribution in [0.1, 0.15) is 5.56 Å². The molecule has 3 nitrogen and oxygen atoms in total.